The van der Waals surface area contributed by atoms with Gasteiger partial charge in [0.15, 0.2) is 0 Å². The summed E-state index contributed by atoms with van der Waals surface area (Å²) in [4.78, 5) is 2.19. The zero-order valence-corrected chi connectivity index (χ0v) is 15.5. The first-order valence-corrected chi connectivity index (χ1v) is 8.22. The van der Waals surface area contributed by atoms with Gasteiger partial charge in [0.1, 0.15) is 5.75 Å². The summed E-state index contributed by atoms with van der Waals surface area (Å²) in [6, 6.07) is 6.81. The van der Waals surface area contributed by atoms with Crippen LogP contribution in [0.4, 0.5) is 0 Å². The summed E-state index contributed by atoms with van der Waals surface area (Å²) in [5, 5.41) is 4.71. The Morgan fingerprint density at radius 2 is 1.91 bits per heavy atom. The van der Waals surface area contributed by atoms with Crippen LogP contribution in [-0.4, -0.2) is 42.4 Å². The van der Waals surface area contributed by atoms with Gasteiger partial charge < -0.3 is 9.64 Å². The SMILES string of the molecule is COc1ccc(-c2c(C)c(C)nn2C(C)C)cc1CCN(C)C. The number of hydrogen-bond donors (Lipinski definition) is 0. The molecule has 0 aliphatic carbocycles. The van der Waals surface area contributed by atoms with Gasteiger partial charge in [0, 0.05) is 18.2 Å². The normalized spacial score (nSPS) is 11.5. The van der Waals surface area contributed by atoms with Crippen molar-refractivity contribution in [3.8, 4) is 17.0 Å². The number of methoxy groups -OCH3 is 1. The Kier molecular flexibility index (Phi) is 5.47. The maximum atomic E-state index is 5.54. The number of aryl methyl sites for hydroxylation is 1. The number of aromatic nitrogens is 2. The molecule has 4 heteroatoms. The molecule has 0 bridgehead atoms. The first-order chi connectivity index (χ1) is 10.8. The molecule has 0 N–H and O–H groups in total. The lowest BCUT2D eigenvalue weighted by Gasteiger charge is -2.16. The number of benzene rings is 1. The van der Waals surface area contributed by atoms with Crippen LogP contribution in [0.5, 0.6) is 5.75 Å². The first kappa shape index (κ1) is 17.5. The van der Waals surface area contributed by atoms with Crippen molar-refractivity contribution in [2.75, 3.05) is 27.7 Å². The second-order valence-electron chi connectivity index (χ2n) is 6.68. The highest BCUT2D eigenvalue weighted by Crippen LogP contribution is 2.32. The Bertz CT molecular complexity index is 671. The molecule has 0 spiro atoms. The lowest BCUT2D eigenvalue weighted by molar-refractivity contribution is 0.392. The van der Waals surface area contributed by atoms with Gasteiger partial charge in [0.2, 0.25) is 0 Å². The predicted molar refractivity (Wildman–Crippen MR) is 96.3 cm³/mol. The lowest BCUT2D eigenvalue weighted by Crippen LogP contribution is -2.15. The number of ether oxygens (including phenoxy) is 1. The predicted octanol–water partition coefficient (Wildman–Crippen LogP) is 3.86. The lowest BCUT2D eigenvalue weighted by atomic mass is 10.0. The van der Waals surface area contributed by atoms with Crippen molar-refractivity contribution >= 4 is 0 Å². The molecule has 2 aromatic rings. The summed E-state index contributed by atoms with van der Waals surface area (Å²) >= 11 is 0. The van der Waals surface area contributed by atoms with Crippen molar-refractivity contribution in [2.45, 2.75) is 40.2 Å². The van der Waals surface area contributed by atoms with Crippen molar-refractivity contribution in [2.24, 2.45) is 0 Å². The highest BCUT2D eigenvalue weighted by molar-refractivity contribution is 5.66. The third kappa shape index (κ3) is 3.75. The summed E-state index contributed by atoms with van der Waals surface area (Å²) in [7, 11) is 5.93. The van der Waals surface area contributed by atoms with Gasteiger partial charge in [-0.05, 0) is 77.5 Å². The van der Waals surface area contributed by atoms with Gasteiger partial charge in [-0.25, -0.2) is 0 Å². The van der Waals surface area contributed by atoms with Crippen LogP contribution < -0.4 is 4.74 Å². The average molecular weight is 315 g/mol. The molecule has 0 atom stereocenters. The fourth-order valence-corrected chi connectivity index (χ4v) is 2.82. The van der Waals surface area contributed by atoms with E-state index in [4.69, 9.17) is 9.84 Å². The van der Waals surface area contributed by atoms with Crippen LogP contribution in [0.1, 0.15) is 36.7 Å². The van der Waals surface area contributed by atoms with E-state index in [1.165, 1.54) is 22.4 Å². The zero-order chi connectivity index (χ0) is 17.1. The van der Waals surface area contributed by atoms with Gasteiger partial charge in [-0.1, -0.05) is 0 Å². The maximum Gasteiger partial charge on any atom is 0.122 e. The Hall–Kier alpha value is -1.81. The van der Waals surface area contributed by atoms with Crippen LogP contribution in [-0.2, 0) is 6.42 Å². The molecule has 0 unspecified atom stereocenters. The van der Waals surface area contributed by atoms with E-state index in [1.54, 1.807) is 7.11 Å². The highest BCUT2D eigenvalue weighted by Gasteiger charge is 2.17. The van der Waals surface area contributed by atoms with Crippen LogP contribution in [0, 0.1) is 13.8 Å². The molecular weight excluding hydrogens is 286 g/mol. The largest absolute Gasteiger partial charge is 0.496 e. The van der Waals surface area contributed by atoms with Crippen LogP contribution in [0.3, 0.4) is 0 Å². The maximum absolute atomic E-state index is 5.54. The standard InChI is InChI=1S/C19H29N3O/c1-13(2)22-19(14(3)15(4)20-22)17-8-9-18(23-7)16(12-17)10-11-21(5)6/h8-9,12-13H,10-11H2,1-7H3. The monoisotopic (exact) mass is 315 g/mol. The van der Waals surface area contributed by atoms with Gasteiger partial charge >= 0.3 is 0 Å². The Morgan fingerprint density at radius 1 is 1.22 bits per heavy atom. The first-order valence-electron chi connectivity index (χ1n) is 8.22. The minimum absolute atomic E-state index is 0.338. The second-order valence-corrected chi connectivity index (χ2v) is 6.68. The fraction of sp³-hybridized carbons (Fsp3) is 0.526. The average Bonchev–Trinajstić information content (AvgIpc) is 2.81. The molecule has 4 nitrogen and oxygen atoms in total. The van der Waals surface area contributed by atoms with E-state index in [2.05, 4.69) is 69.6 Å². The minimum Gasteiger partial charge on any atom is -0.496 e. The molecule has 0 saturated heterocycles. The Labute approximate surface area is 140 Å². The van der Waals surface area contributed by atoms with Crippen molar-refractivity contribution in [1.82, 2.24) is 14.7 Å². The molecule has 2 rings (SSSR count). The van der Waals surface area contributed by atoms with Crippen LogP contribution in [0.15, 0.2) is 18.2 Å². The molecule has 1 heterocycles. The molecule has 0 fully saturated rings. The van der Waals surface area contributed by atoms with Gasteiger partial charge in [0.25, 0.3) is 0 Å². The van der Waals surface area contributed by atoms with E-state index >= 15 is 0 Å². The third-order valence-electron chi connectivity index (χ3n) is 4.26. The molecule has 0 amide bonds. The van der Waals surface area contributed by atoms with Gasteiger partial charge in [-0.2, -0.15) is 5.10 Å². The number of rotatable bonds is 6. The number of nitrogens with zero attached hydrogens (tertiary/aromatic N) is 3. The van der Waals surface area contributed by atoms with Crippen LogP contribution in [0.25, 0.3) is 11.3 Å². The van der Waals surface area contributed by atoms with E-state index in [0.717, 1.165) is 24.4 Å². The van der Waals surface area contributed by atoms with Gasteiger partial charge in [-0.15, -0.1) is 0 Å². The molecule has 0 aliphatic heterocycles. The van der Waals surface area contributed by atoms with Gasteiger partial charge in [-0.3, -0.25) is 4.68 Å². The van der Waals surface area contributed by atoms with E-state index in [0.29, 0.717) is 6.04 Å². The second kappa shape index (κ2) is 7.18. The molecule has 126 valence electrons. The Balaban J connectivity index is 2.50. The van der Waals surface area contributed by atoms with E-state index in [-0.39, 0.29) is 0 Å². The summed E-state index contributed by atoms with van der Waals surface area (Å²) in [5.41, 5.74) is 6.02. The summed E-state index contributed by atoms with van der Waals surface area (Å²) < 4.78 is 7.67. The van der Waals surface area contributed by atoms with Crippen LogP contribution >= 0.6 is 0 Å². The Morgan fingerprint density at radius 3 is 2.48 bits per heavy atom. The smallest absolute Gasteiger partial charge is 0.122 e. The topological polar surface area (TPSA) is 30.3 Å². The molecule has 23 heavy (non-hydrogen) atoms. The molecule has 0 saturated carbocycles. The van der Waals surface area contributed by atoms with E-state index in [9.17, 15) is 0 Å². The number of likely N-dealkylation sites (N-methyl/N-ethyl adjacent to an activating group) is 1. The molecule has 0 aliphatic rings. The molecule has 0 radical (unpaired) electrons. The van der Waals surface area contributed by atoms with Crippen LogP contribution in [0.2, 0.25) is 0 Å². The van der Waals surface area contributed by atoms with Crippen molar-refractivity contribution in [3.63, 3.8) is 0 Å². The molecular formula is C19H29N3O. The van der Waals surface area contributed by atoms with E-state index < -0.39 is 0 Å². The molecule has 1 aromatic carbocycles. The highest BCUT2D eigenvalue weighted by atomic mass is 16.5. The minimum atomic E-state index is 0.338. The van der Waals surface area contributed by atoms with Gasteiger partial charge in [0.05, 0.1) is 18.5 Å². The van der Waals surface area contributed by atoms with Crippen molar-refractivity contribution in [1.29, 1.82) is 0 Å². The van der Waals surface area contributed by atoms with E-state index in [1.807, 2.05) is 0 Å². The van der Waals surface area contributed by atoms with Crippen molar-refractivity contribution < 1.29 is 4.74 Å². The summed E-state index contributed by atoms with van der Waals surface area (Å²) in [6.07, 6.45) is 0.970. The zero-order valence-electron chi connectivity index (χ0n) is 15.5. The van der Waals surface area contributed by atoms with Crippen molar-refractivity contribution in [3.05, 3.63) is 35.0 Å². The summed E-state index contributed by atoms with van der Waals surface area (Å²) in [5.74, 6) is 0.959. The molecule has 1 aromatic heterocycles. The number of hydrogen-bond acceptors (Lipinski definition) is 3. The third-order valence-corrected chi connectivity index (χ3v) is 4.26. The fourth-order valence-electron chi connectivity index (χ4n) is 2.82. The quantitative estimate of drug-likeness (QED) is 0.811. The summed E-state index contributed by atoms with van der Waals surface area (Å²) in [6.45, 7) is 9.58.